The first kappa shape index (κ1) is 14.6. The maximum Gasteiger partial charge on any atom is 0.258 e. The molecule has 2 aromatic rings. The second-order valence-corrected chi connectivity index (χ2v) is 5.15. The van der Waals surface area contributed by atoms with E-state index in [1.807, 2.05) is 25.1 Å². The predicted molar refractivity (Wildman–Crippen MR) is 83.0 cm³/mol. The number of pyridine rings is 1. The summed E-state index contributed by atoms with van der Waals surface area (Å²) in [5, 5.41) is 3.51. The first-order valence-electron chi connectivity index (χ1n) is 5.88. The van der Waals surface area contributed by atoms with Crippen molar-refractivity contribution in [2.75, 3.05) is 24.3 Å². The Hall–Kier alpha value is -1.78. The normalized spacial score (nSPS) is 10.2. The van der Waals surface area contributed by atoms with E-state index >= 15 is 0 Å². The molecule has 1 heterocycles. The van der Waals surface area contributed by atoms with E-state index in [1.54, 1.807) is 24.3 Å². The summed E-state index contributed by atoms with van der Waals surface area (Å²) in [5.41, 5.74) is 1.79. The minimum Gasteiger partial charge on any atom is -0.376 e. The lowest BCUT2D eigenvalue weighted by Crippen LogP contribution is -2.17. The number of amides is 1. The van der Waals surface area contributed by atoms with Gasteiger partial charge in [-0.3, -0.25) is 4.79 Å². The second-order valence-electron chi connectivity index (χ2n) is 4.35. The van der Waals surface area contributed by atoms with Crippen LogP contribution in [0.25, 0.3) is 0 Å². The highest BCUT2D eigenvalue weighted by molar-refractivity contribution is 6.33. The molecular formula is C14H13Cl2N3O. The quantitative estimate of drug-likeness (QED) is 0.879. The van der Waals surface area contributed by atoms with Crippen LogP contribution < -0.4 is 10.2 Å². The number of nitrogens with one attached hydrogen (secondary N) is 1. The number of carbonyl (C=O) groups excluding carboxylic acids is 1. The summed E-state index contributed by atoms with van der Waals surface area (Å²) in [6, 6.07) is 8.57. The third-order valence-corrected chi connectivity index (χ3v) is 3.23. The number of carbonyl (C=O) groups is 1. The molecule has 0 atom stereocenters. The molecule has 0 fully saturated rings. The third kappa shape index (κ3) is 3.21. The van der Waals surface area contributed by atoms with E-state index < -0.39 is 0 Å². The fraction of sp³-hybridized carbons (Fsp3) is 0.143. The van der Waals surface area contributed by atoms with Crippen molar-refractivity contribution >= 4 is 40.5 Å². The monoisotopic (exact) mass is 309 g/mol. The number of aromatic nitrogens is 1. The van der Waals surface area contributed by atoms with Gasteiger partial charge in [-0.1, -0.05) is 23.2 Å². The number of nitrogens with zero attached hydrogens (tertiary/aromatic N) is 2. The van der Waals surface area contributed by atoms with Crippen molar-refractivity contribution in [3.8, 4) is 0 Å². The lowest BCUT2D eigenvalue weighted by molar-refractivity contribution is 0.102. The van der Waals surface area contributed by atoms with Crippen LogP contribution in [0.4, 0.5) is 11.4 Å². The summed E-state index contributed by atoms with van der Waals surface area (Å²) in [7, 11) is 3.77. The molecule has 1 amide bonds. The third-order valence-electron chi connectivity index (χ3n) is 2.69. The van der Waals surface area contributed by atoms with E-state index in [4.69, 9.17) is 23.2 Å². The molecule has 0 saturated heterocycles. The van der Waals surface area contributed by atoms with Crippen LogP contribution in [-0.4, -0.2) is 25.0 Å². The van der Waals surface area contributed by atoms with Gasteiger partial charge in [-0.15, -0.1) is 0 Å². The van der Waals surface area contributed by atoms with Crippen molar-refractivity contribution in [3.05, 3.63) is 52.3 Å². The highest BCUT2D eigenvalue weighted by Gasteiger charge is 2.14. The Morgan fingerprint density at radius 2 is 2.00 bits per heavy atom. The Labute approximate surface area is 127 Å². The SMILES string of the molecule is CN(C)c1ccc(Cl)cc1NC(=O)c1cccnc1Cl. The van der Waals surface area contributed by atoms with E-state index in [-0.39, 0.29) is 11.1 Å². The molecule has 1 aromatic heterocycles. The zero-order valence-corrected chi connectivity index (χ0v) is 12.5. The van der Waals surface area contributed by atoms with Gasteiger partial charge < -0.3 is 10.2 Å². The van der Waals surface area contributed by atoms with Crippen LogP contribution in [0.2, 0.25) is 10.2 Å². The fourth-order valence-electron chi connectivity index (χ4n) is 1.74. The average Bonchev–Trinajstić information content (AvgIpc) is 2.38. The number of rotatable bonds is 3. The predicted octanol–water partition coefficient (Wildman–Crippen LogP) is 3.71. The van der Waals surface area contributed by atoms with E-state index in [1.165, 1.54) is 6.20 Å². The maximum absolute atomic E-state index is 12.2. The summed E-state index contributed by atoms with van der Waals surface area (Å²) in [4.78, 5) is 18.0. The zero-order chi connectivity index (χ0) is 14.7. The summed E-state index contributed by atoms with van der Waals surface area (Å²) >= 11 is 11.9. The van der Waals surface area contributed by atoms with E-state index in [0.29, 0.717) is 16.3 Å². The van der Waals surface area contributed by atoms with Crippen LogP contribution in [-0.2, 0) is 0 Å². The highest BCUT2D eigenvalue weighted by Crippen LogP contribution is 2.28. The van der Waals surface area contributed by atoms with Crippen molar-refractivity contribution in [2.24, 2.45) is 0 Å². The Morgan fingerprint density at radius 3 is 2.65 bits per heavy atom. The molecule has 2 rings (SSSR count). The molecule has 1 aromatic carbocycles. The Bertz CT molecular complexity index is 644. The number of anilines is 2. The van der Waals surface area contributed by atoms with Gasteiger partial charge in [0, 0.05) is 25.3 Å². The average molecular weight is 310 g/mol. The smallest absolute Gasteiger partial charge is 0.258 e. The Kier molecular flexibility index (Phi) is 4.47. The molecule has 0 radical (unpaired) electrons. The van der Waals surface area contributed by atoms with E-state index in [2.05, 4.69) is 10.3 Å². The molecule has 1 N–H and O–H groups in total. The van der Waals surface area contributed by atoms with Gasteiger partial charge in [-0.2, -0.15) is 0 Å². The highest BCUT2D eigenvalue weighted by atomic mass is 35.5. The van der Waals surface area contributed by atoms with Crippen molar-refractivity contribution in [3.63, 3.8) is 0 Å². The topological polar surface area (TPSA) is 45.2 Å². The Balaban J connectivity index is 2.33. The molecule has 0 aliphatic rings. The summed E-state index contributed by atoms with van der Waals surface area (Å²) in [5.74, 6) is -0.325. The molecule has 0 unspecified atom stereocenters. The van der Waals surface area contributed by atoms with E-state index in [0.717, 1.165) is 5.69 Å². The first-order valence-corrected chi connectivity index (χ1v) is 6.63. The molecule has 0 aliphatic carbocycles. The number of halogens is 2. The van der Waals surface area contributed by atoms with Gasteiger partial charge in [0.15, 0.2) is 0 Å². The van der Waals surface area contributed by atoms with Crippen LogP contribution in [0.1, 0.15) is 10.4 Å². The second kappa shape index (κ2) is 6.11. The van der Waals surface area contributed by atoms with E-state index in [9.17, 15) is 4.79 Å². The molecule has 0 spiro atoms. The maximum atomic E-state index is 12.2. The minimum absolute atomic E-state index is 0.165. The van der Waals surface area contributed by atoms with Crippen molar-refractivity contribution in [1.29, 1.82) is 0 Å². The summed E-state index contributed by atoms with van der Waals surface area (Å²) in [6.45, 7) is 0. The van der Waals surface area contributed by atoms with Gasteiger partial charge in [0.05, 0.1) is 16.9 Å². The first-order chi connectivity index (χ1) is 9.49. The van der Waals surface area contributed by atoms with Gasteiger partial charge in [0.1, 0.15) is 5.15 Å². The van der Waals surface area contributed by atoms with Crippen LogP contribution in [0, 0.1) is 0 Å². The van der Waals surface area contributed by atoms with Gasteiger partial charge in [-0.05, 0) is 30.3 Å². The number of hydrogen-bond donors (Lipinski definition) is 1. The standard InChI is InChI=1S/C14H13Cl2N3O/c1-19(2)12-6-5-9(15)8-11(12)18-14(20)10-4-3-7-17-13(10)16/h3-8H,1-2H3,(H,18,20). The largest absolute Gasteiger partial charge is 0.376 e. The number of hydrogen-bond acceptors (Lipinski definition) is 3. The molecule has 104 valence electrons. The molecule has 6 heteroatoms. The molecule has 0 bridgehead atoms. The van der Waals surface area contributed by atoms with Crippen molar-refractivity contribution in [2.45, 2.75) is 0 Å². The van der Waals surface area contributed by atoms with Gasteiger partial charge in [-0.25, -0.2) is 4.98 Å². The number of benzene rings is 1. The van der Waals surface area contributed by atoms with Crippen molar-refractivity contribution in [1.82, 2.24) is 4.98 Å². The summed E-state index contributed by atoms with van der Waals surface area (Å²) < 4.78 is 0. The van der Waals surface area contributed by atoms with Gasteiger partial charge in [0.2, 0.25) is 0 Å². The Morgan fingerprint density at radius 1 is 1.25 bits per heavy atom. The molecular weight excluding hydrogens is 297 g/mol. The fourth-order valence-corrected chi connectivity index (χ4v) is 2.12. The summed E-state index contributed by atoms with van der Waals surface area (Å²) in [6.07, 6.45) is 1.53. The van der Waals surface area contributed by atoms with Crippen LogP contribution in [0.3, 0.4) is 0 Å². The van der Waals surface area contributed by atoms with Gasteiger partial charge >= 0.3 is 0 Å². The molecule has 0 saturated carbocycles. The molecule has 20 heavy (non-hydrogen) atoms. The zero-order valence-electron chi connectivity index (χ0n) is 11.0. The van der Waals surface area contributed by atoms with Gasteiger partial charge in [0.25, 0.3) is 5.91 Å². The molecule has 0 aliphatic heterocycles. The van der Waals surface area contributed by atoms with Crippen LogP contribution >= 0.6 is 23.2 Å². The van der Waals surface area contributed by atoms with Crippen LogP contribution in [0.15, 0.2) is 36.5 Å². The molecule has 4 nitrogen and oxygen atoms in total. The lowest BCUT2D eigenvalue weighted by atomic mass is 10.2. The van der Waals surface area contributed by atoms with Crippen molar-refractivity contribution < 1.29 is 4.79 Å². The van der Waals surface area contributed by atoms with Crippen LogP contribution in [0.5, 0.6) is 0 Å². The minimum atomic E-state index is -0.325. The lowest BCUT2D eigenvalue weighted by Gasteiger charge is -2.18.